The highest BCUT2D eigenvalue weighted by Gasteiger charge is 2.19. The van der Waals surface area contributed by atoms with Gasteiger partial charge in [-0.2, -0.15) is 0 Å². The second-order valence-electron chi connectivity index (χ2n) is 16.6. The minimum atomic E-state index is -0.760. The molecule has 2 atom stereocenters. The number of unbranched alkanes of at least 4 members (excludes halogenated alkanes) is 29. The van der Waals surface area contributed by atoms with Crippen molar-refractivity contribution in [2.45, 2.75) is 271 Å². The van der Waals surface area contributed by atoms with Gasteiger partial charge in [0.1, 0.15) is 13.2 Å². The Morgan fingerprint density at radius 1 is 0.370 bits per heavy atom. The zero-order valence-corrected chi connectivity index (χ0v) is 36.7. The third kappa shape index (κ3) is 40.1. The summed E-state index contributed by atoms with van der Waals surface area (Å²) in [5.41, 5.74) is 0. The van der Waals surface area contributed by atoms with E-state index in [9.17, 15) is 14.4 Å². The molecule has 0 amide bonds. The summed E-state index contributed by atoms with van der Waals surface area (Å²) in [5, 5.41) is 0. The molecule has 1 unspecified atom stereocenters. The molecule has 0 aromatic heterocycles. The van der Waals surface area contributed by atoms with Gasteiger partial charge in [-0.1, -0.05) is 227 Å². The van der Waals surface area contributed by atoms with Gasteiger partial charge in [-0.25, -0.2) is 0 Å². The van der Waals surface area contributed by atoms with E-state index in [2.05, 4.69) is 27.7 Å². The van der Waals surface area contributed by atoms with Gasteiger partial charge in [0.25, 0.3) is 0 Å². The van der Waals surface area contributed by atoms with Gasteiger partial charge in [-0.15, -0.1) is 0 Å². The van der Waals surface area contributed by atoms with Crippen LogP contribution in [0.1, 0.15) is 265 Å². The zero-order valence-electron chi connectivity index (χ0n) is 36.7. The maximum Gasteiger partial charge on any atom is 0.306 e. The molecule has 0 fully saturated rings. The molecule has 0 spiro atoms. The molecule has 0 aliphatic carbocycles. The summed E-state index contributed by atoms with van der Waals surface area (Å²) in [4.78, 5) is 37.7. The van der Waals surface area contributed by atoms with E-state index in [1.165, 1.54) is 161 Å². The normalized spacial score (nSPS) is 12.4. The fourth-order valence-electron chi connectivity index (χ4n) is 7.12. The molecule has 0 aromatic rings. The predicted molar refractivity (Wildman–Crippen MR) is 229 cm³/mol. The van der Waals surface area contributed by atoms with E-state index in [0.717, 1.165) is 63.7 Å². The van der Waals surface area contributed by atoms with Crippen LogP contribution in [0.15, 0.2) is 0 Å². The highest BCUT2D eigenvalue weighted by Crippen LogP contribution is 2.17. The molecule has 320 valence electrons. The van der Waals surface area contributed by atoms with Crippen LogP contribution in [0.4, 0.5) is 0 Å². The van der Waals surface area contributed by atoms with Crippen LogP contribution < -0.4 is 0 Å². The Morgan fingerprint density at radius 2 is 0.648 bits per heavy atom. The zero-order chi connectivity index (χ0) is 39.6. The van der Waals surface area contributed by atoms with E-state index in [4.69, 9.17) is 14.2 Å². The van der Waals surface area contributed by atoms with Crippen molar-refractivity contribution in [2.75, 3.05) is 13.2 Å². The van der Waals surface area contributed by atoms with Crippen molar-refractivity contribution in [3.8, 4) is 0 Å². The third-order valence-electron chi connectivity index (χ3n) is 11.2. The summed E-state index contributed by atoms with van der Waals surface area (Å²) in [7, 11) is 0. The molecule has 0 saturated carbocycles. The first kappa shape index (κ1) is 52.4. The van der Waals surface area contributed by atoms with Gasteiger partial charge < -0.3 is 14.2 Å². The fourth-order valence-corrected chi connectivity index (χ4v) is 7.12. The van der Waals surface area contributed by atoms with Crippen molar-refractivity contribution in [3.05, 3.63) is 0 Å². The average Bonchev–Trinajstić information content (AvgIpc) is 3.17. The highest BCUT2D eigenvalue weighted by molar-refractivity contribution is 5.71. The van der Waals surface area contributed by atoms with Crippen LogP contribution in [-0.4, -0.2) is 37.2 Å². The number of carbonyl (C=O) groups excluding carboxylic acids is 3. The van der Waals surface area contributed by atoms with E-state index in [1.807, 2.05) is 0 Å². The minimum absolute atomic E-state index is 0.0639. The van der Waals surface area contributed by atoms with Gasteiger partial charge in [-0.3, -0.25) is 14.4 Å². The average molecular weight is 765 g/mol. The maximum absolute atomic E-state index is 12.7. The molecule has 0 N–H and O–H groups in total. The largest absolute Gasteiger partial charge is 0.462 e. The first-order valence-electron chi connectivity index (χ1n) is 23.9. The van der Waals surface area contributed by atoms with Crippen LogP contribution in [0.3, 0.4) is 0 Å². The number of esters is 3. The topological polar surface area (TPSA) is 78.9 Å². The third-order valence-corrected chi connectivity index (χ3v) is 11.2. The molecule has 0 heterocycles. The molecule has 0 bridgehead atoms. The number of hydrogen-bond acceptors (Lipinski definition) is 6. The number of rotatable bonds is 43. The van der Waals surface area contributed by atoms with Crippen LogP contribution in [0.2, 0.25) is 0 Å². The van der Waals surface area contributed by atoms with Gasteiger partial charge in [0.05, 0.1) is 0 Å². The molecule has 54 heavy (non-hydrogen) atoms. The van der Waals surface area contributed by atoms with Crippen LogP contribution in [0.25, 0.3) is 0 Å². The lowest BCUT2D eigenvalue weighted by Crippen LogP contribution is -2.30. The van der Waals surface area contributed by atoms with Crippen molar-refractivity contribution in [1.82, 2.24) is 0 Å². The number of ether oxygens (including phenoxy) is 3. The van der Waals surface area contributed by atoms with Gasteiger partial charge in [0, 0.05) is 19.3 Å². The molecule has 6 nitrogen and oxygen atoms in total. The van der Waals surface area contributed by atoms with E-state index in [1.54, 1.807) is 0 Å². The van der Waals surface area contributed by atoms with Crippen LogP contribution in [0, 0.1) is 5.92 Å². The monoisotopic (exact) mass is 765 g/mol. The first-order valence-corrected chi connectivity index (χ1v) is 23.9. The lowest BCUT2D eigenvalue weighted by molar-refractivity contribution is -0.167. The lowest BCUT2D eigenvalue weighted by atomic mass is 10.00. The van der Waals surface area contributed by atoms with Gasteiger partial charge in [-0.05, 0) is 25.2 Å². The summed E-state index contributed by atoms with van der Waals surface area (Å²) >= 11 is 0. The quantitative estimate of drug-likeness (QED) is 0.0349. The standard InChI is InChI=1S/C48H92O6/c1-5-8-10-12-14-16-18-20-21-23-24-26-31-35-39-46(49)52-42-45(43-53-47(50)40-36-32-29-28-30-34-38-44(4)7-3)54-48(51)41-37-33-27-25-22-19-17-15-13-11-9-6-2/h44-45H,5-43H2,1-4H3/t44?,45-/m1/s1. The molecule has 0 aromatic carbocycles. The summed E-state index contributed by atoms with van der Waals surface area (Å²) < 4.78 is 16.7. The molecular formula is C48H92O6. The van der Waals surface area contributed by atoms with Crippen LogP contribution >= 0.6 is 0 Å². The van der Waals surface area contributed by atoms with E-state index < -0.39 is 6.10 Å². The molecule has 0 aliphatic rings. The molecule has 0 radical (unpaired) electrons. The first-order chi connectivity index (χ1) is 26.4. The van der Waals surface area contributed by atoms with E-state index >= 15 is 0 Å². The van der Waals surface area contributed by atoms with Crippen LogP contribution in [0.5, 0.6) is 0 Å². The molecule has 6 heteroatoms. The van der Waals surface area contributed by atoms with E-state index in [-0.39, 0.29) is 31.1 Å². The number of carbonyl (C=O) groups is 3. The molecule has 0 aliphatic heterocycles. The summed E-state index contributed by atoms with van der Waals surface area (Å²) in [5.74, 6) is -0.0388. The van der Waals surface area contributed by atoms with Crippen molar-refractivity contribution >= 4 is 17.9 Å². The predicted octanol–water partition coefficient (Wildman–Crippen LogP) is 15.1. The minimum Gasteiger partial charge on any atom is -0.462 e. The molecule has 0 rings (SSSR count). The second kappa shape index (κ2) is 42.6. The van der Waals surface area contributed by atoms with E-state index in [0.29, 0.717) is 19.3 Å². The fraction of sp³-hybridized carbons (Fsp3) is 0.938. The van der Waals surface area contributed by atoms with Crippen molar-refractivity contribution in [2.24, 2.45) is 5.92 Å². The summed E-state index contributed by atoms with van der Waals surface area (Å²) in [6.07, 6.45) is 42.2. The maximum atomic E-state index is 12.7. The summed E-state index contributed by atoms with van der Waals surface area (Å²) in [6.45, 7) is 8.98. The second-order valence-corrected chi connectivity index (χ2v) is 16.6. The lowest BCUT2D eigenvalue weighted by Gasteiger charge is -2.18. The molecule has 0 saturated heterocycles. The van der Waals surface area contributed by atoms with Gasteiger partial charge in [0.15, 0.2) is 6.10 Å². The smallest absolute Gasteiger partial charge is 0.306 e. The van der Waals surface area contributed by atoms with Gasteiger partial charge in [0.2, 0.25) is 0 Å². The Labute approximate surface area is 336 Å². The Hall–Kier alpha value is -1.59. The Bertz CT molecular complexity index is 813. The van der Waals surface area contributed by atoms with Crippen molar-refractivity contribution in [1.29, 1.82) is 0 Å². The van der Waals surface area contributed by atoms with Gasteiger partial charge >= 0.3 is 17.9 Å². The van der Waals surface area contributed by atoms with Crippen molar-refractivity contribution in [3.63, 3.8) is 0 Å². The van der Waals surface area contributed by atoms with Crippen LogP contribution in [-0.2, 0) is 28.6 Å². The SMILES string of the molecule is CCCCCCCCCCCCCCCCC(=O)OC[C@H](COC(=O)CCCCCCCCC(C)CC)OC(=O)CCCCCCCCCCCCCC. The Balaban J connectivity index is 4.32. The highest BCUT2D eigenvalue weighted by atomic mass is 16.6. The van der Waals surface area contributed by atoms with Crippen molar-refractivity contribution < 1.29 is 28.6 Å². The summed E-state index contributed by atoms with van der Waals surface area (Å²) in [6, 6.07) is 0. The Morgan fingerprint density at radius 3 is 0.963 bits per heavy atom. The molecular weight excluding hydrogens is 673 g/mol. The Kier molecular flexibility index (Phi) is 41.3. The number of hydrogen-bond donors (Lipinski definition) is 0.